The Morgan fingerprint density at radius 3 is 2.59 bits per heavy atom. The number of hydrogen-bond acceptors (Lipinski definition) is 4. The molecule has 2 N–H and O–H groups in total. The maximum atomic E-state index is 12.4. The molecule has 2 atom stereocenters. The molecule has 2 unspecified atom stereocenters. The monoisotopic (exact) mass is 641 g/mol. The van der Waals surface area contributed by atoms with Crippen LogP contribution in [0.3, 0.4) is 0 Å². The summed E-state index contributed by atoms with van der Waals surface area (Å²) in [7, 11) is 0. The van der Waals surface area contributed by atoms with Crippen LogP contribution in [0.5, 0.6) is 5.75 Å². The van der Waals surface area contributed by atoms with Gasteiger partial charge in [0, 0.05) is 0 Å². The van der Waals surface area contributed by atoms with Crippen LogP contribution in [-0.4, -0.2) is 34.5 Å². The van der Waals surface area contributed by atoms with Crippen LogP contribution in [0.1, 0.15) is 32.2 Å². The number of benzene rings is 3. The summed E-state index contributed by atoms with van der Waals surface area (Å²) in [6.07, 6.45) is -1.16. The predicted molar refractivity (Wildman–Crippen MR) is 156 cm³/mol. The van der Waals surface area contributed by atoms with E-state index in [1.807, 2.05) is 0 Å². The molecule has 1 aliphatic rings. The molecule has 0 bridgehead atoms. The summed E-state index contributed by atoms with van der Waals surface area (Å²) < 4.78 is 50.1. The Morgan fingerprint density at radius 1 is 1.03 bits per heavy atom. The van der Waals surface area contributed by atoms with Crippen LogP contribution >= 0.6 is 33.2 Å². The minimum absolute atomic E-state index is 0.154. The van der Waals surface area contributed by atoms with Crippen LogP contribution in [0.25, 0.3) is 21.8 Å². The number of fused-ring (bicyclic) bond motifs is 3. The Balaban J connectivity index is 1.31. The number of aromatic nitrogens is 1. The zero-order chi connectivity index (χ0) is 25.8. The Hall–Kier alpha value is -1.95. The van der Waals surface area contributed by atoms with Crippen molar-refractivity contribution in [3.63, 3.8) is 0 Å². The van der Waals surface area contributed by atoms with Gasteiger partial charge in [-0.3, -0.25) is 0 Å². The van der Waals surface area contributed by atoms with E-state index in [2.05, 4.69) is 68.7 Å². The molecule has 1 aliphatic heterocycles. The maximum absolute atomic E-state index is 12.4. The first-order valence-corrected chi connectivity index (χ1v) is 16.2. The van der Waals surface area contributed by atoms with Crippen LogP contribution < -0.4 is 14.8 Å². The van der Waals surface area contributed by atoms with Crippen molar-refractivity contribution in [2.45, 2.75) is 49.5 Å². The molecule has 4 aromatic rings. The number of nitrogens with one attached hydrogen (secondary N) is 2. The summed E-state index contributed by atoms with van der Waals surface area (Å²) in [5, 5.41) is 6.24. The molecule has 0 saturated carbocycles. The standard InChI is InChI=1S/C28H31F3IN3OS/c1-2-3-14-32-19-8-13-27-25(15-19)24-6-4-5-7-26(24)35(27)21-16-20(17-33-18-21)34-37-23-11-9-22(10-12-23)36-28(29,30)31/h4-13,15,20-21,32-34H,2-3,14,16-18H2,1H3. The normalized spacial score (nSPS) is 18.6. The van der Waals surface area contributed by atoms with Gasteiger partial charge in [0.25, 0.3) is 0 Å². The van der Waals surface area contributed by atoms with Crippen molar-refractivity contribution < 1.29 is 17.9 Å². The molecule has 4 nitrogen and oxygen atoms in total. The Bertz CT molecular complexity index is 1340. The minimum atomic E-state index is -4.68. The van der Waals surface area contributed by atoms with Gasteiger partial charge in [-0.05, 0) is 12.1 Å². The number of rotatable bonds is 9. The first-order valence-electron chi connectivity index (χ1n) is 12.6. The topological polar surface area (TPSA) is 38.2 Å². The number of unbranched alkanes of at least 4 members (excludes halogenated alkanes) is 1. The molecule has 1 saturated heterocycles. The Morgan fingerprint density at radius 2 is 1.81 bits per heavy atom. The van der Waals surface area contributed by atoms with Gasteiger partial charge >= 0.3 is 195 Å². The molecule has 2 heterocycles. The summed E-state index contributed by atoms with van der Waals surface area (Å²) in [4.78, 5) is 0.841. The zero-order valence-electron chi connectivity index (χ0n) is 20.6. The third-order valence-corrected chi connectivity index (χ3v) is 10.6. The van der Waals surface area contributed by atoms with Crippen molar-refractivity contribution in [3.8, 4) is 5.75 Å². The van der Waals surface area contributed by atoms with Gasteiger partial charge in [-0.25, -0.2) is 0 Å². The van der Waals surface area contributed by atoms with Crippen LogP contribution in [-0.2, 0) is 0 Å². The first kappa shape index (κ1) is 26.6. The molecule has 0 radical (unpaired) electrons. The summed E-state index contributed by atoms with van der Waals surface area (Å²) in [6, 6.07) is 22.2. The van der Waals surface area contributed by atoms with Crippen molar-refractivity contribution in [3.05, 3.63) is 70.3 Å². The average Bonchev–Trinajstić information content (AvgIpc) is 3.22. The SMILES string of the molecule is CCCC[IH]c1ccc2c(c1)c1ccccc1n2C1CNCC(NSc2ccc(OC(F)(F)F)cc2)C1. The van der Waals surface area contributed by atoms with E-state index in [4.69, 9.17) is 0 Å². The molecular weight excluding hydrogens is 610 g/mol. The number of nitrogens with zero attached hydrogens (tertiary/aromatic N) is 1. The van der Waals surface area contributed by atoms with Gasteiger partial charge in [0.15, 0.2) is 0 Å². The first-order chi connectivity index (χ1) is 17.9. The third kappa shape index (κ3) is 6.55. The Kier molecular flexibility index (Phi) is 8.53. The van der Waals surface area contributed by atoms with E-state index in [9.17, 15) is 13.2 Å². The number of halogens is 4. The van der Waals surface area contributed by atoms with E-state index in [1.165, 1.54) is 66.7 Å². The van der Waals surface area contributed by atoms with Gasteiger partial charge < -0.3 is 4.74 Å². The fourth-order valence-electron chi connectivity index (χ4n) is 4.87. The van der Waals surface area contributed by atoms with Crippen LogP contribution in [0.4, 0.5) is 13.2 Å². The van der Waals surface area contributed by atoms with Crippen molar-refractivity contribution >= 4 is 55.0 Å². The van der Waals surface area contributed by atoms with E-state index in [1.54, 1.807) is 12.1 Å². The number of ether oxygens (including phenoxy) is 1. The molecule has 1 fully saturated rings. The Labute approximate surface area is 229 Å². The summed E-state index contributed by atoms with van der Waals surface area (Å²) in [5.41, 5.74) is 2.55. The molecule has 0 spiro atoms. The van der Waals surface area contributed by atoms with Crippen molar-refractivity contribution in [2.24, 2.45) is 0 Å². The summed E-state index contributed by atoms with van der Waals surface area (Å²) in [6.45, 7) is 3.99. The predicted octanol–water partition coefficient (Wildman–Crippen LogP) is 7.57. The number of hydrogen-bond donors (Lipinski definition) is 2. The van der Waals surface area contributed by atoms with E-state index in [0.717, 1.165) is 24.4 Å². The molecule has 0 aliphatic carbocycles. The molecule has 37 heavy (non-hydrogen) atoms. The molecule has 0 amide bonds. The van der Waals surface area contributed by atoms with Crippen molar-refractivity contribution in [1.82, 2.24) is 14.6 Å². The van der Waals surface area contributed by atoms with Gasteiger partial charge in [0.2, 0.25) is 0 Å². The molecule has 5 rings (SSSR count). The number of piperidine rings is 1. The fraction of sp³-hybridized carbons (Fsp3) is 0.357. The zero-order valence-corrected chi connectivity index (χ0v) is 23.7. The molecule has 1 aromatic heterocycles. The molecule has 198 valence electrons. The fourth-order valence-corrected chi connectivity index (χ4v) is 8.57. The molecule has 3 aromatic carbocycles. The van der Waals surface area contributed by atoms with Crippen molar-refractivity contribution in [1.29, 1.82) is 0 Å². The van der Waals surface area contributed by atoms with Crippen LogP contribution in [0.2, 0.25) is 0 Å². The third-order valence-electron chi connectivity index (χ3n) is 6.54. The second kappa shape index (κ2) is 11.8. The summed E-state index contributed by atoms with van der Waals surface area (Å²) in [5.74, 6) is -0.210. The molecule has 9 heteroatoms. The number of para-hydroxylation sites is 1. The van der Waals surface area contributed by atoms with E-state index >= 15 is 0 Å². The van der Waals surface area contributed by atoms with E-state index in [-0.39, 0.29) is 33.0 Å². The van der Waals surface area contributed by atoms with E-state index in [0.29, 0.717) is 6.04 Å². The van der Waals surface area contributed by atoms with E-state index < -0.39 is 6.36 Å². The average molecular weight is 642 g/mol. The quantitative estimate of drug-likeness (QED) is 0.0857. The van der Waals surface area contributed by atoms with Crippen molar-refractivity contribution in [2.75, 3.05) is 17.5 Å². The van der Waals surface area contributed by atoms with Gasteiger partial charge in [-0.15, -0.1) is 13.2 Å². The van der Waals surface area contributed by atoms with Crippen LogP contribution in [0, 0.1) is 3.57 Å². The van der Waals surface area contributed by atoms with Gasteiger partial charge in [-0.2, -0.15) is 0 Å². The number of alkyl halides is 4. The van der Waals surface area contributed by atoms with Gasteiger partial charge in [0.05, 0.1) is 0 Å². The second-order valence-electron chi connectivity index (χ2n) is 9.25. The van der Waals surface area contributed by atoms with Crippen LogP contribution in [0.15, 0.2) is 71.6 Å². The van der Waals surface area contributed by atoms with Gasteiger partial charge in [-0.1, -0.05) is 0 Å². The second-order valence-corrected chi connectivity index (χ2v) is 13.5. The van der Waals surface area contributed by atoms with Gasteiger partial charge in [0.1, 0.15) is 5.75 Å². The summed E-state index contributed by atoms with van der Waals surface area (Å²) >= 11 is 1.29. The molecular formula is C28H31F3IN3OS.